The van der Waals surface area contributed by atoms with Gasteiger partial charge in [0.25, 0.3) is 0 Å². The number of ether oxygens (including phenoxy) is 1. The molecule has 2 aromatic rings. The van der Waals surface area contributed by atoms with Crippen LogP contribution in [0.3, 0.4) is 0 Å². The molecule has 0 spiro atoms. The summed E-state index contributed by atoms with van der Waals surface area (Å²) in [4.78, 5) is 23.3. The number of aromatic nitrogens is 1. The average Bonchev–Trinajstić information content (AvgIpc) is 2.82. The maximum absolute atomic E-state index is 12.6. The molecule has 0 aliphatic heterocycles. The summed E-state index contributed by atoms with van der Waals surface area (Å²) in [7, 11) is 0. The molecule has 23 heavy (non-hydrogen) atoms. The van der Waals surface area contributed by atoms with E-state index >= 15 is 0 Å². The van der Waals surface area contributed by atoms with Crippen molar-refractivity contribution in [2.24, 2.45) is 0 Å². The summed E-state index contributed by atoms with van der Waals surface area (Å²) in [5, 5.41) is 0. The number of unbranched alkanes of at least 4 members (excludes halogenated alkanes) is 1. The third-order valence-electron chi connectivity index (χ3n) is 3.94. The second-order valence-electron chi connectivity index (χ2n) is 5.68. The SMILES string of the molecule is CC(=O)OCCCCn1c(C)cc(C(=O)c2ccccc2)c1C. The van der Waals surface area contributed by atoms with Gasteiger partial charge >= 0.3 is 5.97 Å². The Kier molecular flexibility index (Phi) is 5.74. The molecule has 0 bridgehead atoms. The molecule has 4 nitrogen and oxygen atoms in total. The van der Waals surface area contributed by atoms with E-state index in [-0.39, 0.29) is 11.8 Å². The van der Waals surface area contributed by atoms with Gasteiger partial charge in [-0.05, 0) is 32.8 Å². The fourth-order valence-corrected chi connectivity index (χ4v) is 2.71. The zero-order valence-electron chi connectivity index (χ0n) is 14.0. The van der Waals surface area contributed by atoms with Crippen LogP contribution in [-0.2, 0) is 16.1 Å². The van der Waals surface area contributed by atoms with Crippen LogP contribution >= 0.6 is 0 Å². The molecule has 0 amide bonds. The molecule has 0 fully saturated rings. The van der Waals surface area contributed by atoms with E-state index in [9.17, 15) is 9.59 Å². The molecule has 1 aromatic carbocycles. The van der Waals surface area contributed by atoms with Crippen molar-refractivity contribution in [3.05, 3.63) is 58.9 Å². The molecule has 0 radical (unpaired) electrons. The number of nitrogens with zero attached hydrogens (tertiary/aromatic N) is 1. The van der Waals surface area contributed by atoms with Crippen molar-refractivity contribution in [2.75, 3.05) is 6.61 Å². The Bertz CT molecular complexity index is 686. The van der Waals surface area contributed by atoms with E-state index in [2.05, 4.69) is 4.57 Å². The minimum atomic E-state index is -0.242. The highest BCUT2D eigenvalue weighted by Gasteiger charge is 2.16. The maximum atomic E-state index is 12.6. The summed E-state index contributed by atoms with van der Waals surface area (Å²) in [5.41, 5.74) is 3.54. The second-order valence-corrected chi connectivity index (χ2v) is 5.68. The van der Waals surface area contributed by atoms with E-state index in [0.717, 1.165) is 36.3 Å². The lowest BCUT2D eigenvalue weighted by Gasteiger charge is -2.10. The summed E-state index contributed by atoms with van der Waals surface area (Å²) in [6.45, 7) is 6.68. The number of aryl methyl sites for hydroxylation is 1. The van der Waals surface area contributed by atoms with Crippen LogP contribution in [0.25, 0.3) is 0 Å². The van der Waals surface area contributed by atoms with Gasteiger partial charge in [0.1, 0.15) is 0 Å². The highest BCUT2D eigenvalue weighted by atomic mass is 16.5. The summed E-state index contributed by atoms with van der Waals surface area (Å²) in [6, 6.07) is 11.3. The van der Waals surface area contributed by atoms with E-state index in [1.165, 1.54) is 6.92 Å². The highest BCUT2D eigenvalue weighted by Crippen LogP contribution is 2.19. The summed E-state index contributed by atoms with van der Waals surface area (Å²) in [6.07, 6.45) is 1.72. The van der Waals surface area contributed by atoms with Crippen molar-refractivity contribution in [1.82, 2.24) is 4.57 Å². The van der Waals surface area contributed by atoms with Gasteiger partial charge in [0, 0.05) is 36.0 Å². The Balaban J connectivity index is 2.04. The van der Waals surface area contributed by atoms with Gasteiger partial charge in [-0.1, -0.05) is 30.3 Å². The Morgan fingerprint density at radius 3 is 2.43 bits per heavy atom. The molecule has 122 valence electrons. The lowest BCUT2D eigenvalue weighted by atomic mass is 10.0. The van der Waals surface area contributed by atoms with Crippen molar-refractivity contribution in [3.63, 3.8) is 0 Å². The number of carbonyl (C=O) groups excluding carboxylic acids is 2. The molecule has 0 atom stereocenters. The number of ketones is 1. The highest BCUT2D eigenvalue weighted by molar-refractivity contribution is 6.09. The van der Waals surface area contributed by atoms with Crippen LogP contribution in [0.15, 0.2) is 36.4 Å². The van der Waals surface area contributed by atoms with Crippen LogP contribution in [0.1, 0.15) is 47.1 Å². The predicted octanol–water partition coefficient (Wildman–Crippen LogP) is 3.68. The zero-order valence-corrected chi connectivity index (χ0v) is 14.0. The topological polar surface area (TPSA) is 48.3 Å². The summed E-state index contributed by atoms with van der Waals surface area (Å²) < 4.78 is 7.10. The molecule has 0 aliphatic carbocycles. The van der Waals surface area contributed by atoms with Crippen LogP contribution < -0.4 is 0 Å². The van der Waals surface area contributed by atoms with Gasteiger partial charge < -0.3 is 9.30 Å². The molecule has 1 aromatic heterocycles. The summed E-state index contributed by atoms with van der Waals surface area (Å²) in [5.74, 6) is -0.182. The third-order valence-corrected chi connectivity index (χ3v) is 3.94. The first-order valence-electron chi connectivity index (χ1n) is 7.90. The van der Waals surface area contributed by atoms with Crippen LogP contribution in [0.5, 0.6) is 0 Å². The predicted molar refractivity (Wildman–Crippen MR) is 89.6 cm³/mol. The third kappa shape index (κ3) is 4.31. The fraction of sp³-hybridized carbons (Fsp3) is 0.368. The minimum Gasteiger partial charge on any atom is -0.466 e. The lowest BCUT2D eigenvalue weighted by molar-refractivity contribution is -0.141. The smallest absolute Gasteiger partial charge is 0.302 e. The molecule has 4 heteroatoms. The van der Waals surface area contributed by atoms with E-state index in [0.29, 0.717) is 12.2 Å². The zero-order chi connectivity index (χ0) is 16.8. The van der Waals surface area contributed by atoms with Crippen molar-refractivity contribution < 1.29 is 14.3 Å². The standard InChI is InChI=1S/C19H23NO3/c1-14-13-18(19(22)17-9-5-4-6-10-17)15(2)20(14)11-7-8-12-23-16(3)21/h4-6,9-10,13H,7-8,11-12H2,1-3H3. The molecular formula is C19H23NO3. The van der Waals surface area contributed by atoms with Gasteiger partial charge in [-0.25, -0.2) is 0 Å². The fourth-order valence-electron chi connectivity index (χ4n) is 2.71. The van der Waals surface area contributed by atoms with Crippen molar-refractivity contribution in [2.45, 2.75) is 40.2 Å². The normalized spacial score (nSPS) is 10.6. The Hall–Kier alpha value is -2.36. The van der Waals surface area contributed by atoms with Crippen LogP contribution in [0.4, 0.5) is 0 Å². The number of benzene rings is 1. The van der Waals surface area contributed by atoms with Gasteiger partial charge in [0.05, 0.1) is 6.61 Å². The number of hydrogen-bond acceptors (Lipinski definition) is 3. The molecule has 0 unspecified atom stereocenters. The van der Waals surface area contributed by atoms with Crippen molar-refractivity contribution in [1.29, 1.82) is 0 Å². The van der Waals surface area contributed by atoms with Crippen LogP contribution in [0.2, 0.25) is 0 Å². The lowest BCUT2D eigenvalue weighted by Crippen LogP contribution is -2.07. The first kappa shape index (κ1) is 17.0. The first-order valence-corrected chi connectivity index (χ1v) is 7.90. The monoisotopic (exact) mass is 313 g/mol. The Labute approximate surface area is 137 Å². The van der Waals surface area contributed by atoms with Crippen LogP contribution in [-0.4, -0.2) is 22.9 Å². The first-order chi connectivity index (χ1) is 11.0. The maximum Gasteiger partial charge on any atom is 0.302 e. The largest absolute Gasteiger partial charge is 0.466 e. The number of esters is 1. The average molecular weight is 313 g/mol. The van der Waals surface area contributed by atoms with Gasteiger partial charge in [-0.3, -0.25) is 9.59 Å². The van der Waals surface area contributed by atoms with Gasteiger partial charge in [-0.15, -0.1) is 0 Å². The van der Waals surface area contributed by atoms with E-state index in [1.807, 2.05) is 50.2 Å². The van der Waals surface area contributed by atoms with Gasteiger partial charge in [0.2, 0.25) is 0 Å². The Morgan fingerprint density at radius 2 is 1.78 bits per heavy atom. The molecule has 2 rings (SSSR count). The number of carbonyl (C=O) groups is 2. The minimum absolute atomic E-state index is 0.0601. The van der Waals surface area contributed by atoms with Gasteiger partial charge in [-0.2, -0.15) is 0 Å². The molecule has 1 heterocycles. The Morgan fingerprint density at radius 1 is 1.09 bits per heavy atom. The van der Waals surface area contributed by atoms with E-state index < -0.39 is 0 Å². The van der Waals surface area contributed by atoms with Crippen molar-refractivity contribution >= 4 is 11.8 Å². The van der Waals surface area contributed by atoms with E-state index in [1.54, 1.807) is 0 Å². The quantitative estimate of drug-likeness (QED) is 0.445. The molecule has 0 saturated carbocycles. The number of hydrogen-bond donors (Lipinski definition) is 0. The van der Waals surface area contributed by atoms with Crippen molar-refractivity contribution in [3.8, 4) is 0 Å². The van der Waals surface area contributed by atoms with Gasteiger partial charge in [0.15, 0.2) is 5.78 Å². The van der Waals surface area contributed by atoms with Crippen LogP contribution in [0, 0.1) is 13.8 Å². The number of rotatable bonds is 7. The molecular weight excluding hydrogens is 290 g/mol. The molecule has 0 saturated heterocycles. The van der Waals surface area contributed by atoms with E-state index in [4.69, 9.17) is 4.74 Å². The molecule has 0 N–H and O–H groups in total. The summed E-state index contributed by atoms with van der Waals surface area (Å²) >= 11 is 0. The molecule has 0 aliphatic rings. The second kappa shape index (κ2) is 7.77.